The van der Waals surface area contributed by atoms with Crippen LogP contribution in [0.15, 0.2) is 29.3 Å². The highest BCUT2D eigenvalue weighted by Gasteiger charge is 2.07. The Balaban J connectivity index is 2.77. The van der Waals surface area contributed by atoms with Crippen LogP contribution in [0, 0.1) is 0 Å². The Hall–Kier alpha value is -1.36. The van der Waals surface area contributed by atoms with Crippen LogP contribution in [0.25, 0.3) is 5.52 Å². The lowest BCUT2D eigenvalue weighted by Crippen LogP contribution is -1.98. The van der Waals surface area contributed by atoms with Gasteiger partial charge in [0, 0.05) is 10.7 Å². The van der Waals surface area contributed by atoms with Crippen LogP contribution < -0.4 is 0 Å². The fourth-order valence-corrected chi connectivity index (χ4v) is 1.66. The number of pyridine rings is 1. The summed E-state index contributed by atoms with van der Waals surface area (Å²) in [5, 5.41) is 8.75. The van der Waals surface area contributed by atoms with Crippen molar-refractivity contribution in [3.05, 3.63) is 34.8 Å². The lowest BCUT2D eigenvalue weighted by molar-refractivity contribution is 0.0696. The molecule has 0 fully saturated rings. The molecule has 0 radical (unpaired) electrons. The minimum absolute atomic E-state index is 0.234. The zero-order valence-corrected chi connectivity index (χ0v) is 8.02. The summed E-state index contributed by atoms with van der Waals surface area (Å²) in [6, 6.07) is 1.55. The molecule has 13 heavy (non-hydrogen) atoms. The van der Waals surface area contributed by atoms with Crippen LogP contribution >= 0.6 is 15.9 Å². The van der Waals surface area contributed by atoms with E-state index < -0.39 is 5.97 Å². The normalized spacial score (nSPS) is 10.5. The van der Waals surface area contributed by atoms with Crippen LogP contribution in [0.5, 0.6) is 0 Å². The maximum absolute atomic E-state index is 10.7. The Kier molecular flexibility index (Phi) is 1.81. The van der Waals surface area contributed by atoms with Gasteiger partial charge in [0.1, 0.15) is 0 Å². The number of carbonyl (C=O) groups is 1. The standard InChI is InChI=1S/C8H5BrN2O2/c9-6-1-5(8(12)13)3-11-4-10-2-7(6)11/h1-4H,(H,12,13). The summed E-state index contributed by atoms with van der Waals surface area (Å²) in [7, 11) is 0. The number of hydrogen-bond donors (Lipinski definition) is 1. The van der Waals surface area contributed by atoms with E-state index in [1.165, 1.54) is 6.20 Å². The molecule has 0 amide bonds. The van der Waals surface area contributed by atoms with Crippen molar-refractivity contribution in [2.45, 2.75) is 0 Å². The molecule has 0 aliphatic heterocycles. The van der Waals surface area contributed by atoms with Crippen LogP contribution in [-0.4, -0.2) is 20.5 Å². The molecule has 2 heterocycles. The summed E-state index contributed by atoms with van der Waals surface area (Å²) in [6.45, 7) is 0. The first-order chi connectivity index (χ1) is 6.18. The second kappa shape index (κ2) is 2.85. The molecule has 0 atom stereocenters. The van der Waals surface area contributed by atoms with E-state index in [9.17, 15) is 4.79 Å². The highest BCUT2D eigenvalue weighted by Crippen LogP contribution is 2.19. The van der Waals surface area contributed by atoms with Crippen molar-refractivity contribution in [3.8, 4) is 0 Å². The lowest BCUT2D eigenvalue weighted by Gasteiger charge is -1.99. The topological polar surface area (TPSA) is 54.6 Å². The average Bonchev–Trinajstić information content (AvgIpc) is 2.51. The van der Waals surface area contributed by atoms with E-state index in [0.29, 0.717) is 0 Å². The number of halogens is 1. The van der Waals surface area contributed by atoms with Gasteiger partial charge >= 0.3 is 5.97 Å². The van der Waals surface area contributed by atoms with Gasteiger partial charge in [-0.2, -0.15) is 0 Å². The van der Waals surface area contributed by atoms with Gasteiger partial charge in [-0.15, -0.1) is 0 Å². The van der Waals surface area contributed by atoms with Crippen molar-refractivity contribution >= 4 is 27.4 Å². The minimum atomic E-state index is -0.948. The van der Waals surface area contributed by atoms with E-state index in [-0.39, 0.29) is 5.56 Å². The number of aromatic nitrogens is 2. The van der Waals surface area contributed by atoms with Crippen molar-refractivity contribution in [2.75, 3.05) is 0 Å². The molecule has 66 valence electrons. The van der Waals surface area contributed by atoms with Gasteiger partial charge in [-0.3, -0.25) is 0 Å². The summed E-state index contributed by atoms with van der Waals surface area (Å²) in [4.78, 5) is 14.6. The largest absolute Gasteiger partial charge is 0.478 e. The number of carboxylic acids is 1. The third-order valence-corrected chi connectivity index (χ3v) is 2.35. The van der Waals surface area contributed by atoms with Crippen LogP contribution in [0.4, 0.5) is 0 Å². The van der Waals surface area contributed by atoms with E-state index in [1.807, 2.05) is 0 Å². The Morgan fingerprint density at radius 3 is 3.08 bits per heavy atom. The summed E-state index contributed by atoms with van der Waals surface area (Å²) in [5.41, 5.74) is 1.09. The maximum atomic E-state index is 10.7. The zero-order valence-electron chi connectivity index (χ0n) is 6.44. The van der Waals surface area contributed by atoms with Gasteiger partial charge in [0.05, 0.1) is 23.6 Å². The molecule has 0 saturated heterocycles. The maximum Gasteiger partial charge on any atom is 0.337 e. The predicted octanol–water partition coefficient (Wildman–Crippen LogP) is 1.79. The number of aromatic carboxylic acids is 1. The van der Waals surface area contributed by atoms with Crippen molar-refractivity contribution in [3.63, 3.8) is 0 Å². The van der Waals surface area contributed by atoms with Gasteiger partial charge in [0.25, 0.3) is 0 Å². The van der Waals surface area contributed by atoms with Gasteiger partial charge in [-0.1, -0.05) is 0 Å². The fourth-order valence-electron chi connectivity index (χ4n) is 1.11. The van der Waals surface area contributed by atoms with Crippen LogP contribution in [0.2, 0.25) is 0 Å². The quantitative estimate of drug-likeness (QED) is 0.828. The number of imidazole rings is 1. The molecule has 4 nitrogen and oxygen atoms in total. The van der Waals surface area contributed by atoms with Gasteiger partial charge in [0.15, 0.2) is 0 Å². The number of hydrogen-bond acceptors (Lipinski definition) is 2. The highest BCUT2D eigenvalue weighted by atomic mass is 79.9. The molecule has 0 saturated carbocycles. The molecule has 0 aromatic carbocycles. The van der Waals surface area contributed by atoms with Gasteiger partial charge < -0.3 is 9.51 Å². The molecule has 2 rings (SSSR count). The lowest BCUT2D eigenvalue weighted by atomic mass is 10.3. The smallest absolute Gasteiger partial charge is 0.337 e. The van der Waals surface area contributed by atoms with Crippen LogP contribution in [-0.2, 0) is 0 Å². The number of fused-ring (bicyclic) bond motifs is 1. The van der Waals surface area contributed by atoms with E-state index in [2.05, 4.69) is 20.9 Å². The SMILES string of the molecule is O=C(O)c1cc(Br)c2cncn2c1. The van der Waals surface area contributed by atoms with Gasteiger partial charge in [-0.05, 0) is 22.0 Å². The van der Waals surface area contributed by atoms with Crippen LogP contribution in [0.1, 0.15) is 10.4 Å². The molecule has 1 N–H and O–H groups in total. The van der Waals surface area contributed by atoms with Gasteiger partial charge in [-0.25, -0.2) is 9.78 Å². The molecule has 0 bridgehead atoms. The Bertz CT molecular complexity index is 478. The molecule has 0 aliphatic rings. The molecular weight excluding hydrogens is 236 g/mol. The first-order valence-corrected chi connectivity index (χ1v) is 4.32. The van der Waals surface area contributed by atoms with E-state index in [0.717, 1.165) is 9.99 Å². The van der Waals surface area contributed by atoms with Crippen molar-refractivity contribution in [2.24, 2.45) is 0 Å². The van der Waals surface area contributed by atoms with Crippen molar-refractivity contribution in [1.29, 1.82) is 0 Å². The summed E-state index contributed by atoms with van der Waals surface area (Å²) < 4.78 is 2.39. The van der Waals surface area contributed by atoms with E-state index in [4.69, 9.17) is 5.11 Å². The van der Waals surface area contributed by atoms with E-state index >= 15 is 0 Å². The average molecular weight is 241 g/mol. The highest BCUT2D eigenvalue weighted by molar-refractivity contribution is 9.10. The zero-order chi connectivity index (χ0) is 9.42. The third kappa shape index (κ3) is 1.31. The molecule has 0 spiro atoms. The number of nitrogens with zero attached hydrogens (tertiary/aromatic N) is 2. The first-order valence-electron chi connectivity index (χ1n) is 3.53. The summed E-state index contributed by atoms with van der Waals surface area (Å²) >= 11 is 3.27. The fraction of sp³-hybridized carbons (Fsp3) is 0. The molecule has 5 heteroatoms. The molecular formula is C8H5BrN2O2. The first kappa shape index (κ1) is 8.25. The van der Waals surface area contributed by atoms with Crippen LogP contribution in [0.3, 0.4) is 0 Å². The summed E-state index contributed by atoms with van der Waals surface area (Å²) in [5.74, 6) is -0.948. The number of rotatable bonds is 1. The summed E-state index contributed by atoms with van der Waals surface area (Å²) in [6.07, 6.45) is 4.75. The second-order valence-electron chi connectivity index (χ2n) is 2.57. The third-order valence-electron chi connectivity index (χ3n) is 1.72. The van der Waals surface area contributed by atoms with E-state index in [1.54, 1.807) is 23.0 Å². The second-order valence-corrected chi connectivity index (χ2v) is 3.42. The molecule has 0 unspecified atom stereocenters. The van der Waals surface area contributed by atoms with Crippen molar-refractivity contribution < 1.29 is 9.90 Å². The Morgan fingerprint density at radius 1 is 1.62 bits per heavy atom. The Labute approximate surface area is 82.0 Å². The number of carboxylic acid groups (broad SMARTS) is 1. The molecule has 0 aliphatic carbocycles. The van der Waals surface area contributed by atoms with Gasteiger partial charge in [0.2, 0.25) is 0 Å². The molecule has 2 aromatic rings. The Morgan fingerprint density at radius 2 is 2.38 bits per heavy atom. The molecule has 2 aromatic heterocycles. The predicted molar refractivity (Wildman–Crippen MR) is 49.9 cm³/mol. The monoisotopic (exact) mass is 240 g/mol. The van der Waals surface area contributed by atoms with Crippen molar-refractivity contribution in [1.82, 2.24) is 9.38 Å². The minimum Gasteiger partial charge on any atom is -0.478 e.